The molecule has 2 aliphatic heterocycles. The highest BCUT2D eigenvalue weighted by Crippen LogP contribution is 2.43. The van der Waals surface area contributed by atoms with Crippen molar-refractivity contribution in [2.75, 3.05) is 39.3 Å². The van der Waals surface area contributed by atoms with Crippen molar-refractivity contribution in [3.05, 3.63) is 117 Å². The number of carbonyl (C=O) groups excluding carboxylic acids is 2. The van der Waals surface area contributed by atoms with E-state index in [1.807, 2.05) is 42.1 Å². The minimum atomic E-state index is -1.02. The van der Waals surface area contributed by atoms with Crippen LogP contribution in [0.1, 0.15) is 85.1 Å². The number of hydrogen-bond acceptors (Lipinski definition) is 9. The number of carbonyl (C=O) groups is 2. The Labute approximate surface area is 365 Å². The van der Waals surface area contributed by atoms with E-state index in [0.717, 1.165) is 82.3 Å². The number of amides is 1. The van der Waals surface area contributed by atoms with Crippen molar-refractivity contribution < 1.29 is 24.2 Å². The van der Waals surface area contributed by atoms with Crippen molar-refractivity contribution in [1.82, 2.24) is 15.1 Å². The number of nitrogens with two attached hydrogens (primary N) is 1. The van der Waals surface area contributed by atoms with E-state index in [1.54, 1.807) is 54.2 Å². The highest BCUT2D eigenvalue weighted by molar-refractivity contribution is 8.00. The number of aliphatic hydroxyl groups excluding tert-OH is 2. The third-order valence-electron chi connectivity index (χ3n) is 11.2. The molecule has 0 bridgehead atoms. The molecule has 5 N–H and O–H groups in total. The minimum Gasteiger partial charge on any atom is -0.387 e. The average Bonchev–Trinajstić information content (AvgIpc) is 4.13. The van der Waals surface area contributed by atoms with Crippen LogP contribution in [0.5, 0.6) is 0 Å². The van der Waals surface area contributed by atoms with Crippen molar-refractivity contribution in [2.24, 2.45) is 5.73 Å². The first-order valence-electron chi connectivity index (χ1n) is 20.7. The van der Waals surface area contributed by atoms with Gasteiger partial charge in [-0.25, -0.2) is 4.39 Å². The highest BCUT2D eigenvalue weighted by Gasteiger charge is 2.31. The monoisotopic (exact) mass is 878 g/mol. The van der Waals surface area contributed by atoms with Crippen molar-refractivity contribution >= 4 is 58.4 Å². The molecule has 4 aliphatic rings. The summed E-state index contributed by atoms with van der Waals surface area (Å²) in [4.78, 5) is 32.7. The molecule has 314 valence electrons. The zero-order valence-corrected chi connectivity index (χ0v) is 36.2. The number of benzene rings is 4. The predicted molar refractivity (Wildman–Crippen MR) is 238 cm³/mol. The maximum Gasteiger partial charge on any atom is 0.292 e. The van der Waals surface area contributed by atoms with Gasteiger partial charge in [0.1, 0.15) is 11.9 Å². The SMILES string of the molecule is N[C@H](CN1CCCC1)[C@H](O)c1ccc(SC2CC2)c(Cl)c1.O=C(N[C@H](CN1CCCC1)[C@H](O)c1ccc(SC2CC2)c(Cl)c1)C(=O)c1ccc(-c2ccc(F)cc2)cc1. The van der Waals surface area contributed by atoms with Gasteiger partial charge in [0.25, 0.3) is 5.91 Å². The van der Waals surface area contributed by atoms with Gasteiger partial charge in [0.05, 0.1) is 22.2 Å². The second-order valence-corrected chi connectivity index (χ2v) is 19.6. The van der Waals surface area contributed by atoms with Gasteiger partial charge in [-0.2, -0.15) is 0 Å². The summed E-state index contributed by atoms with van der Waals surface area (Å²) in [6.45, 7) is 5.14. The van der Waals surface area contributed by atoms with Crippen LogP contribution in [0.3, 0.4) is 0 Å². The Morgan fingerprint density at radius 3 is 1.63 bits per heavy atom. The van der Waals surface area contributed by atoms with Crippen LogP contribution in [0.4, 0.5) is 4.39 Å². The van der Waals surface area contributed by atoms with E-state index in [4.69, 9.17) is 28.9 Å². The first kappa shape index (κ1) is 44.1. The predicted octanol–water partition coefficient (Wildman–Crippen LogP) is 8.95. The largest absolute Gasteiger partial charge is 0.387 e. The lowest BCUT2D eigenvalue weighted by atomic mass is 10.00. The third-order valence-corrected chi connectivity index (χ3v) is 14.9. The van der Waals surface area contributed by atoms with Crippen LogP contribution in [0, 0.1) is 5.82 Å². The Kier molecular flexibility index (Phi) is 15.5. The Bertz CT molecular complexity index is 2040. The third kappa shape index (κ3) is 12.6. The van der Waals surface area contributed by atoms with Gasteiger partial charge < -0.3 is 31.1 Å². The Morgan fingerprint density at radius 2 is 1.15 bits per heavy atom. The van der Waals surface area contributed by atoms with E-state index >= 15 is 0 Å². The topological polar surface area (TPSA) is 119 Å². The molecule has 0 radical (unpaired) electrons. The molecule has 0 spiro atoms. The number of Topliss-reactive ketones (excluding diaryl/α,β-unsaturated/α-hetero) is 1. The van der Waals surface area contributed by atoms with Gasteiger partial charge in [-0.05, 0) is 136 Å². The maximum absolute atomic E-state index is 13.2. The fourth-order valence-corrected chi connectivity index (χ4v) is 10.2. The molecule has 1 amide bonds. The standard InChI is InChI=1S/C30H30ClFN2O3S.C16H23ClN2OS/c31-25-17-22(9-14-27(25)38-24-12-13-24)28(35)26(18-34-15-1-2-16-34)33-30(37)29(36)21-5-3-19(4-6-21)20-7-10-23(32)11-8-20;17-13-9-11(3-6-15(13)21-12-4-5-12)16(20)14(18)10-19-7-1-2-8-19/h3-11,14,17,24,26,28,35H,1-2,12-13,15-16,18H2,(H,33,37);3,6,9,12,14,16,20H,1-2,4-5,7-8,10,18H2/t26-,28-;14-,16-/m11/s1. The molecule has 2 aliphatic carbocycles. The molecule has 4 aromatic carbocycles. The number of hydrogen-bond donors (Lipinski definition) is 4. The van der Waals surface area contributed by atoms with Crippen LogP contribution in [0.25, 0.3) is 11.1 Å². The summed E-state index contributed by atoms with van der Waals surface area (Å²) < 4.78 is 13.2. The fourth-order valence-electron chi connectivity index (χ4n) is 7.46. The van der Waals surface area contributed by atoms with Gasteiger partial charge in [0, 0.05) is 45.0 Å². The Balaban J connectivity index is 0.000000212. The Morgan fingerprint density at radius 1 is 0.695 bits per heavy atom. The lowest BCUT2D eigenvalue weighted by Crippen LogP contribution is -2.48. The lowest BCUT2D eigenvalue weighted by molar-refractivity contribution is -0.118. The summed E-state index contributed by atoms with van der Waals surface area (Å²) in [5.41, 5.74) is 9.46. The van der Waals surface area contributed by atoms with E-state index in [0.29, 0.717) is 22.4 Å². The minimum absolute atomic E-state index is 0.243. The molecule has 2 heterocycles. The molecule has 8 nitrogen and oxygen atoms in total. The first-order valence-corrected chi connectivity index (χ1v) is 23.2. The Hall–Kier alpha value is -2.97. The molecule has 13 heteroatoms. The summed E-state index contributed by atoms with van der Waals surface area (Å²) in [5.74, 6) is -1.77. The van der Waals surface area contributed by atoms with E-state index < -0.39 is 29.9 Å². The van der Waals surface area contributed by atoms with Crippen molar-refractivity contribution in [3.8, 4) is 11.1 Å². The number of rotatable bonds is 16. The summed E-state index contributed by atoms with van der Waals surface area (Å²) in [5, 5.41) is 27.2. The van der Waals surface area contributed by atoms with E-state index in [1.165, 1.54) is 50.7 Å². The van der Waals surface area contributed by atoms with Crippen molar-refractivity contribution in [2.45, 2.75) is 95.9 Å². The second-order valence-electron chi connectivity index (χ2n) is 16.1. The number of halogens is 3. The normalized spacial score (nSPS) is 19.1. The molecule has 2 saturated heterocycles. The molecular weight excluding hydrogens is 827 g/mol. The van der Waals surface area contributed by atoms with E-state index in [9.17, 15) is 24.2 Å². The van der Waals surface area contributed by atoms with Crippen LogP contribution in [-0.4, -0.2) is 93.6 Å². The molecule has 4 atom stereocenters. The number of nitrogens with one attached hydrogen (secondary N) is 1. The summed E-state index contributed by atoms with van der Waals surface area (Å²) >= 11 is 16.4. The number of likely N-dealkylation sites (tertiary alicyclic amines) is 2. The smallest absolute Gasteiger partial charge is 0.292 e. The quantitative estimate of drug-likeness (QED) is 0.0647. The van der Waals surface area contributed by atoms with Crippen LogP contribution in [0.15, 0.2) is 94.7 Å². The molecule has 59 heavy (non-hydrogen) atoms. The first-order chi connectivity index (χ1) is 28.5. The van der Waals surface area contributed by atoms with Gasteiger partial charge in [-0.15, -0.1) is 23.5 Å². The highest BCUT2D eigenvalue weighted by atomic mass is 35.5. The number of thioether (sulfide) groups is 2. The lowest BCUT2D eigenvalue weighted by Gasteiger charge is -2.28. The molecule has 2 saturated carbocycles. The molecular formula is C46H53Cl2FN4O4S2. The van der Waals surface area contributed by atoms with Crippen LogP contribution in [0.2, 0.25) is 10.0 Å². The van der Waals surface area contributed by atoms with Gasteiger partial charge in [0.2, 0.25) is 5.78 Å². The van der Waals surface area contributed by atoms with E-state index in [-0.39, 0.29) is 17.4 Å². The van der Waals surface area contributed by atoms with Gasteiger partial charge in [-0.3, -0.25) is 9.59 Å². The summed E-state index contributed by atoms with van der Waals surface area (Å²) in [6, 6.07) is 23.1. The van der Waals surface area contributed by atoms with Crippen molar-refractivity contribution in [1.29, 1.82) is 0 Å². The summed E-state index contributed by atoms with van der Waals surface area (Å²) in [7, 11) is 0. The van der Waals surface area contributed by atoms with Crippen LogP contribution >= 0.6 is 46.7 Å². The molecule has 0 aromatic heterocycles. The number of ketones is 1. The van der Waals surface area contributed by atoms with Crippen LogP contribution < -0.4 is 11.1 Å². The molecule has 4 aromatic rings. The maximum atomic E-state index is 13.2. The van der Waals surface area contributed by atoms with Gasteiger partial charge in [-0.1, -0.05) is 71.7 Å². The zero-order valence-electron chi connectivity index (χ0n) is 33.1. The molecule has 8 rings (SSSR count). The molecule has 0 unspecified atom stereocenters. The van der Waals surface area contributed by atoms with Crippen LogP contribution in [-0.2, 0) is 4.79 Å². The number of nitrogens with zero attached hydrogens (tertiary/aromatic N) is 2. The number of aliphatic hydroxyl groups is 2. The van der Waals surface area contributed by atoms with E-state index in [2.05, 4.69) is 15.1 Å². The second kappa shape index (κ2) is 20.7. The average molecular weight is 880 g/mol. The zero-order chi connectivity index (χ0) is 41.5. The fraction of sp³-hybridized carbons (Fsp3) is 0.435. The summed E-state index contributed by atoms with van der Waals surface area (Å²) in [6.07, 6.45) is 7.89. The molecule has 4 fully saturated rings. The van der Waals surface area contributed by atoms with Gasteiger partial charge in [0.15, 0.2) is 0 Å². The van der Waals surface area contributed by atoms with Crippen molar-refractivity contribution in [3.63, 3.8) is 0 Å². The van der Waals surface area contributed by atoms with Gasteiger partial charge >= 0.3 is 0 Å².